The number of benzene rings is 2. The molecule has 106 valence electrons. The Morgan fingerprint density at radius 3 is 2.40 bits per heavy atom. The SMILES string of the molecule is O=S(=O)(Nc1cccc(CCl)c1)c1ccc(Cl)c(Cl)c1. The summed E-state index contributed by atoms with van der Waals surface area (Å²) >= 11 is 17.3. The van der Waals surface area contributed by atoms with Gasteiger partial charge in [-0.15, -0.1) is 11.6 Å². The largest absolute Gasteiger partial charge is 0.280 e. The third kappa shape index (κ3) is 3.58. The van der Waals surface area contributed by atoms with Crippen LogP contribution in [-0.2, 0) is 15.9 Å². The normalized spacial score (nSPS) is 11.3. The summed E-state index contributed by atoms with van der Waals surface area (Å²) in [6.45, 7) is 0. The molecule has 2 aromatic carbocycles. The quantitative estimate of drug-likeness (QED) is 0.823. The molecule has 0 aliphatic carbocycles. The van der Waals surface area contributed by atoms with Gasteiger partial charge in [-0.3, -0.25) is 4.72 Å². The van der Waals surface area contributed by atoms with Gasteiger partial charge in [-0.1, -0.05) is 35.3 Å². The van der Waals surface area contributed by atoms with Crippen molar-refractivity contribution in [3.63, 3.8) is 0 Å². The highest BCUT2D eigenvalue weighted by Gasteiger charge is 2.15. The third-order valence-corrected chi connectivity index (χ3v) is 4.96. The molecule has 0 fully saturated rings. The summed E-state index contributed by atoms with van der Waals surface area (Å²) in [6.07, 6.45) is 0. The molecule has 0 bridgehead atoms. The van der Waals surface area contributed by atoms with E-state index >= 15 is 0 Å². The van der Waals surface area contributed by atoms with E-state index in [0.717, 1.165) is 5.56 Å². The van der Waals surface area contributed by atoms with Gasteiger partial charge in [-0.2, -0.15) is 0 Å². The zero-order valence-electron chi connectivity index (χ0n) is 10.1. The van der Waals surface area contributed by atoms with Gasteiger partial charge in [0.25, 0.3) is 10.0 Å². The summed E-state index contributed by atoms with van der Waals surface area (Å²) in [5.74, 6) is 0.308. The second-order valence-electron chi connectivity index (χ2n) is 4.02. The first-order chi connectivity index (χ1) is 9.42. The van der Waals surface area contributed by atoms with Crippen LogP contribution in [0.4, 0.5) is 5.69 Å². The average Bonchev–Trinajstić information content (AvgIpc) is 2.41. The summed E-state index contributed by atoms with van der Waals surface area (Å²) in [5, 5.41) is 0.485. The van der Waals surface area contributed by atoms with E-state index in [1.165, 1.54) is 18.2 Å². The highest BCUT2D eigenvalue weighted by molar-refractivity contribution is 7.92. The molecule has 3 nitrogen and oxygen atoms in total. The molecule has 0 aliphatic rings. The van der Waals surface area contributed by atoms with Crippen LogP contribution in [0.1, 0.15) is 5.56 Å². The number of sulfonamides is 1. The van der Waals surface area contributed by atoms with Crippen molar-refractivity contribution >= 4 is 50.5 Å². The van der Waals surface area contributed by atoms with Crippen LogP contribution >= 0.6 is 34.8 Å². The monoisotopic (exact) mass is 349 g/mol. The predicted molar refractivity (Wildman–Crippen MR) is 83.3 cm³/mol. The molecule has 0 heterocycles. The van der Waals surface area contributed by atoms with Crippen LogP contribution in [0.25, 0.3) is 0 Å². The second-order valence-corrected chi connectivity index (χ2v) is 6.78. The number of halogens is 3. The molecular weight excluding hydrogens is 341 g/mol. The number of alkyl halides is 1. The first kappa shape index (κ1) is 15.4. The molecule has 20 heavy (non-hydrogen) atoms. The maximum Gasteiger partial charge on any atom is 0.261 e. The molecule has 0 amide bonds. The van der Waals surface area contributed by atoms with Crippen molar-refractivity contribution in [3.8, 4) is 0 Å². The van der Waals surface area contributed by atoms with Gasteiger partial charge in [0.1, 0.15) is 0 Å². The van der Waals surface area contributed by atoms with E-state index in [1.807, 2.05) is 6.07 Å². The fourth-order valence-corrected chi connectivity index (χ4v) is 3.18. The smallest absolute Gasteiger partial charge is 0.261 e. The maximum absolute atomic E-state index is 12.2. The average molecular weight is 351 g/mol. The highest BCUT2D eigenvalue weighted by Crippen LogP contribution is 2.26. The van der Waals surface area contributed by atoms with E-state index in [4.69, 9.17) is 34.8 Å². The van der Waals surface area contributed by atoms with Crippen molar-refractivity contribution in [2.45, 2.75) is 10.8 Å². The summed E-state index contributed by atoms with van der Waals surface area (Å²) in [4.78, 5) is 0.0446. The van der Waals surface area contributed by atoms with E-state index in [1.54, 1.807) is 18.2 Å². The lowest BCUT2D eigenvalue weighted by Gasteiger charge is -2.09. The molecule has 0 aromatic heterocycles. The molecular formula is C13H10Cl3NO2S. The minimum Gasteiger partial charge on any atom is -0.280 e. The second kappa shape index (κ2) is 6.22. The Balaban J connectivity index is 2.32. The van der Waals surface area contributed by atoms with Gasteiger partial charge in [-0.05, 0) is 35.9 Å². The van der Waals surface area contributed by atoms with E-state index in [-0.39, 0.29) is 9.92 Å². The van der Waals surface area contributed by atoms with Gasteiger partial charge < -0.3 is 0 Å². The molecule has 7 heteroatoms. The van der Waals surface area contributed by atoms with Crippen LogP contribution in [0, 0.1) is 0 Å². The Labute approximate surface area is 132 Å². The lowest BCUT2D eigenvalue weighted by molar-refractivity contribution is 0.601. The topological polar surface area (TPSA) is 46.2 Å². The van der Waals surface area contributed by atoms with Crippen LogP contribution in [0.5, 0.6) is 0 Å². The zero-order valence-corrected chi connectivity index (χ0v) is 13.2. The summed E-state index contributed by atoms with van der Waals surface area (Å²) < 4.78 is 26.9. The molecule has 0 radical (unpaired) electrons. The van der Waals surface area contributed by atoms with E-state index < -0.39 is 10.0 Å². The van der Waals surface area contributed by atoms with Gasteiger partial charge >= 0.3 is 0 Å². The molecule has 2 aromatic rings. The Morgan fingerprint density at radius 2 is 1.75 bits per heavy atom. The van der Waals surface area contributed by atoms with E-state index in [0.29, 0.717) is 16.6 Å². The van der Waals surface area contributed by atoms with Crippen LogP contribution in [0.3, 0.4) is 0 Å². The minimum absolute atomic E-state index is 0.0446. The predicted octanol–water partition coefficient (Wildman–Crippen LogP) is 4.53. The molecule has 2 rings (SSSR count). The summed E-state index contributed by atoms with van der Waals surface area (Å²) in [5.41, 5.74) is 1.26. The molecule has 1 N–H and O–H groups in total. The minimum atomic E-state index is -3.71. The standard InChI is InChI=1S/C13H10Cl3NO2S/c14-8-9-2-1-3-10(6-9)17-20(18,19)11-4-5-12(15)13(16)7-11/h1-7,17H,8H2. The van der Waals surface area contributed by atoms with Gasteiger partial charge in [0.05, 0.1) is 14.9 Å². The summed E-state index contributed by atoms with van der Waals surface area (Å²) in [6, 6.07) is 11.0. The Hall–Kier alpha value is -0.940. The number of rotatable bonds is 4. The van der Waals surface area contributed by atoms with E-state index in [9.17, 15) is 8.42 Å². The van der Waals surface area contributed by atoms with Crippen LogP contribution in [-0.4, -0.2) is 8.42 Å². The first-order valence-corrected chi connectivity index (χ1v) is 8.32. The Kier molecular flexibility index (Phi) is 4.81. The fraction of sp³-hybridized carbons (Fsp3) is 0.0769. The molecule has 0 saturated heterocycles. The molecule has 0 aliphatic heterocycles. The molecule has 0 saturated carbocycles. The Bertz CT molecular complexity index is 732. The zero-order chi connectivity index (χ0) is 14.8. The van der Waals surface area contributed by atoms with E-state index in [2.05, 4.69) is 4.72 Å². The van der Waals surface area contributed by atoms with Crippen molar-refractivity contribution in [3.05, 3.63) is 58.1 Å². The highest BCUT2D eigenvalue weighted by atomic mass is 35.5. The van der Waals surface area contributed by atoms with Gasteiger partial charge in [0.2, 0.25) is 0 Å². The summed E-state index contributed by atoms with van der Waals surface area (Å²) in [7, 11) is -3.71. The molecule has 0 unspecified atom stereocenters. The lowest BCUT2D eigenvalue weighted by atomic mass is 10.2. The van der Waals surface area contributed by atoms with Crippen molar-refractivity contribution in [2.24, 2.45) is 0 Å². The first-order valence-electron chi connectivity index (χ1n) is 5.55. The van der Waals surface area contributed by atoms with Gasteiger partial charge in [0.15, 0.2) is 0 Å². The van der Waals surface area contributed by atoms with Crippen molar-refractivity contribution in [1.29, 1.82) is 0 Å². The number of hydrogen-bond acceptors (Lipinski definition) is 2. The van der Waals surface area contributed by atoms with Crippen LogP contribution < -0.4 is 4.72 Å². The van der Waals surface area contributed by atoms with Gasteiger partial charge in [-0.25, -0.2) is 8.42 Å². The lowest BCUT2D eigenvalue weighted by Crippen LogP contribution is -2.13. The van der Waals surface area contributed by atoms with Crippen molar-refractivity contribution < 1.29 is 8.42 Å². The third-order valence-electron chi connectivity index (χ3n) is 2.53. The molecule has 0 atom stereocenters. The maximum atomic E-state index is 12.2. The Morgan fingerprint density at radius 1 is 1.00 bits per heavy atom. The number of nitrogens with one attached hydrogen (secondary N) is 1. The number of anilines is 1. The number of hydrogen-bond donors (Lipinski definition) is 1. The van der Waals surface area contributed by atoms with Crippen LogP contribution in [0.15, 0.2) is 47.4 Å². The van der Waals surface area contributed by atoms with Crippen molar-refractivity contribution in [1.82, 2.24) is 0 Å². The fourth-order valence-electron chi connectivity index (χ4n) is 1.58. The van der Waals surface area contributed by atoms with Gasteiger partial charge in [0, 0.05) is 11.6 Å². The van der Waals surface area contributed by atoms with Crippen molar-refractivity contribution in [2.75, 3.05) is 4.72 Å². The van der Waals surface area contributed by atoms with Crippen LogP contribution in [0.2, 0.25) is 10.0 Å². The molecule has 0 spiro atoms.